The van der Waals surface area contributed by atoms with Crippen LogP contribution in [0.15, 0.2) is 24.3 Å². The molecule has 1 aliphatic heterocycles. The van der Waals surface area contributed by atoms with Crippen molar-refractivity contribution in [3.8, 4) is 11.8 Å². The maximum Gasteiger partial charge on any atom is 0.137 e. The van der Waals surface area contributed by atoms with Crippen molar-refractivity contribution in [3.05, 3.63) is 29.8 Å². The number of nitriles is 1. The summed E-state index contributed by atoms with van der Waals surface area (Å²) in [5, 5.41) is 9.00. The van der Waals surface area contributed by atoms with Gasteiger partial charge in [-0.2, -0.15) is 5.26 Å². The molecule has 0 spiro atoms. The molecule has 1 fully saturated rings. The fraction of sp³-hybridized carbons (Fsp3) is 0.533. The van der Waals surface area contributed by atoms with Crippen molar-refractivity contribution in [2.45, 2.75) is 26.0 Å². The van der Waals surface area contributed by atoms with E-state index in [0.717, 1.165) is 19.7 Å². The maximum atomic E-state index is 9.00. The summed E-state index contributed by atoms with van der Waals surface area (Å²) in [6, 6.07) is 9.95. The molecule has 1 unspecified atom stereocenters. The summed E-state index contributed by atoms with van der Waals surface area (Å²) >= 11 is 0. The average molecular weight is 260 g/mol. The van der Waals surface area contributed by atoms with Gasteiger partial charge in [0.1, 0.15) is 24.5 Å². The fourth-order valence-corrected chi connectivity index (χ4v) is 2.18. The van der Waals surface area contributed by atoms with Crippen LogP contribution in [0.25, 0.3) is 0 Å². The molecule has 1 aromatic rings. The predicted octanol–water partition coefficient (Wildman–Crippen LogP) is 2.05. The topological polar surface area (TPSA) is 45.5 Å². The molecule has 1 heterocycles. The highest BCUT2D eigenvalue weighted by Gasteiger charge is 2.22. The van der Waals surface area contributed by atoms with E-state index in [4.69, 9.17) is 14.7 Å². The minimum Gasteiger partial charge on any atom is -0.489 e. The van der Waals surface area contributed by atoms with E-state index in [2.05, 4.69) is 24.8 Å². The number of nitrogens with zero attached hydrogens (tertiary/aromatic N) is 2. The second-order valence-corrected chi connectivity index (χ2v) is 5.00. The van der Waals surface area contributed by atoms with Crippen molar-refractivity contribution < 1.29 is 9.47 Å². The number of para-hydroxylation sites is 1. The van der Waals surface area contributed by atoms with Gasteiger partial charge in [-0.15, -0.1) is 0 Å². The van der Waals surface area contributed by atoms with Gasteiger partial charge in [-0.3, -0.25) is 4.90 Å². The first kappa shape index (κ1) is 13.9. The van der Waals surface area contributed by atoms with E-state index >= 15 is 0 Å². The van der Waals surface area contributed by atoms with Crippen molar-refractivity contribution in [1.29, 1.82) is 5.26 Å². The van der Waals surface area contributed by atoms with Crippen LogP contribution in [0.1, 0.15) is 19.4 Å². The van der Waals surface area contributed by atoms with Crippen LogP contribution >= 0.6 is 0 Å². The monoisotopic (exact) mass is 260 g/mol. The second kappa shape index (κ2) is 6.55. The summed E-state index contributed by atoms with van der Waals surface area (Å²) in [4.78, 5) is 2.38. The first-order valence-corrected chi connectivity index (χ1v) is 6.68. The number of benzene rings is 1. The molecule has 1 aromatic carbocycles. The van der Waals surface area contributed by atoms with E-state index in [-0.39, 0.29) is 6.10 Å². The molecule has 102 valence electrons. The van der Waals surface area contributed by atoms with E-state index in [0.29, 0.717) is 24.0 Å². The smallest absolute Gasteiger partial charge is 0.137 e. The third-order valence-corrected chi connectivity index (χ3v) is 3.33. The van der Waals surface area contributed by atoms with Gasteiger partial charge in [0.15, 0.2) is 0 Å². The summed E-state index contributed by atoms with van der Waals surface area (Å²) in [6.45, 7) is 7.46. The second-order valence-electron chi connectivity index (χ2n) is 5.00. The highest BCUT2D eigenvalue weighted by atomic mass is 16.5. The SMILES string of the molecule is CC(C)N1CCOC(COc2ccccc2C#N)C1. The van der Waals surface area contributed by atoms with Crippen molar-refractivity contribution in [2.75, 3.05) is 26.3 Å². The molecule has 0 aliphatic carbocycles. The van der Waals surface area contributed by atoms with E-state index in [9.17, 15) is 0 Å². The van der Waals surface area contributed by atoms with Gasteiger partial charge in [0.25, 0.3) is 0 Å². The van der Waals surface area contributed by atoms with E-state index < -0.39 is 0 Å². The lowest BCUT2D eigenvalue weighted by Crippen LogP contribution is -2.47. The number of rotatable bonds is 4. The van der Waals surface area contributed by atoms with E-state index in [1.54, 1.807) is 6.07 Å². The largest absolute Gasteiger partial charge is 0.489 e. The highest BCUT2D eigenvalue weighted by Crippen LogP contribution is 2.18. The molecule has 0 bridgehead atoms. The Balaban J connectivity index is 1.90. The van der Waals surface area contributed by atoms with Crippen molar-refractivity contribution >= 4 is 0 Å². The quantitative estimate of drug-likeness (QED) is 0.831. The summed E-state index contributed by atoms with van der Waals surface area (Å²) in [5.41, 5.74) is 0.569. The van der Waals surface area contributed by atoms with Gasteiger partial charge >= 0.3 is 0 Å². The molecule has 1 saturated heterocycles. The summed E-state index contributed by atoms with van der Waals surface area (Å²) in [7, 11) is 0. The maximum absolute atomic E-state index is 9.00. The predicted molar refractivity (Wildman–Crippen MR) is 73.1 cm³/mol. The van der Waals surface area contributed by atoms with Crippen LogP contribution in [-0.4, -0.2) is 43.3 Å². The number of morpholine rings is 1. The zero-order valence-electron chi connectivity index (χ0n) is 11.5. The Morgan fingerprint density at radius 1 is 1.47 bits per heavy atom. The molecule has 4 heteroatoms. The Kier molecular flexibility index (Phi) is 4.78. The Morgan fingerprint density at radius 3 is 3.00 bits per heavy atom. The molecule has 1 atom stereocenters. The molecule has 0 N–H and O–H groups in total. The minimum atomic E-state index is 0.0721. The van der Waals surface area contributed by atoms with E-state index in [1.165, 1.54) is 0 Å². The Hall–Kier alpha value is -1.57. The van der Waals surface area contributed by atoms with Gasteiger partial charge in [-0.1, -0.05) is 12.1 Å². The third kappa shape index (κ3) is 3.69. The Bertz CT molecular complexity index is 454. The lowest BCUT2D eigenvalue weighted by molar-refractivity contribution is -0.0564. The number of hydrogen-bond acceptors (Lipinski definition) is 4. The Morgan fingerprint density at radius 2 is 2.26 bits per heavy atom. The lowest BCUT2D eigenvalue weighted by Gasteiger charge is -2.35. The number of ether oxygens (including phenoxy) is 2. The molecule has 0 aromatic heterocycles. The molecule has 0 saturated carbocycles. The van der Waals surface area contributed by atoms with Crippen LogP contribution in [0.5, 0.6) is 5.75 Å². The summed E-state index contributed by atoms with van der Waals surface area (Å²) in [5.74, 6) is 0.635. The normalized spacial score (nSPS) is 20.2. The lowest BCUT2D eigenvalue weighted by atomic mass is 10.2. The average Bonchev–Trinajstić information content (AvgIpc) is 2.45. The zero-order valence-corrected chi connectivity index (χ0v) is 11.5. The van der Waals surface area contributed by atoms with E-state index in [1.807, 2.05) is 18.2 Å². The summed E-state index contributed by atoms with van der Waals surface area (Å²) in [6.07, 6.45) is 0.0721. The molecule has 19 heavy (non-hydrogen) atoms. The Labute approximate surface area is 114 Å². The third-order valence-electron chi connectivity index (χ3n) is 3.33. The van der Waals surface area contributed by atoms with Gasteiger partial charge in [-0.25, -0.2) is 0 Å². The molecule has 4 nitrogen and oxygen atoms in total. The zero-order chi connectivity index (χ0) is 13.7. The highest BCUT2D eigenvalue weighted by molar-refractivity contribution is 5.42. The molecule has 2 rings (SSSR count). The fourth-order valence-electron chi connectivity index (χ4n) is 2.18. The van der Waals surface area contributed by atoms with Crippen molar-refractivity contribution in [2.24, 2.45) is 0 Å². The molecular weight excluding hydrogens is 240 g/mol. The van der Waals surface area contributed by atoms with Crippen molar-refractivity contribution in [3.63, 3.8) is 0 Å². The van der Waals surface area contributed by atoms with Gasteiger partial charge < -0.3 is 9.47 Å². The first-order valence-electron chi connectivity index (χ1n) is 6.68. The molecular formula is C15H20N2O2. The van der Waals surface area contributed by atoms with Crippen LogP contribution in [0.2, 0.25) is 0 Å². The van der Waals surface area contributed by atoms with Gasteiger partial charge in [0, 0.05) is 19.1 Å². The van der Waals surface area contributed by atoms with Crippen LogP contribution in [0, 0.1) is 11.3 Å². The van der Waals surface area contributed by atoms with Crippen LogP contribution < -0.4 is 4.74 Å². The number of hydrogen-bond donors (Lipinski definition) is 0. The molecule has 0 amide bonds. The van der Waals surface area contributed by atoms with Gasteiger partial charge in [-0.05, 0) is 26.0 Å². The van der Waals surface area contributed by atoms with Crippen LogP contribution in [0.4, 0.5) is 0 Å². The first-order chi connectivity index (χ1) is 9.20. The van der Waals surface area contributed by atoms with Crippen LogP contribution in [-0.2, 0) is 4.74 Å². The molecule has 0 radical (unpaired) electrons. The summed E-state index contributed by atoms with van der Waals surface area (Å²) < 4.78 is 11.4. The molecule has 1 aliphatic rings. The van der Waals surface area contributed by atoms with Gasteiger partial charge in [0.05, 0.1) is 12.2 Å². The van der Waals surface area contributed by atoms with Gasteiger partial charge in [0.2, 0.25) is 0 Å². The standard InChI is InChI=1S/C15H20N2O2/c1-12(2)17-7-8-18-14(10-17)11-19-15-6-4-3-5-13(15)9-16/h3-6,12,14H,7-8,10-11H2,1-2H3. The van der Waals surface area contributed by atoms with Crippen molar-refractivity contribution in [1.82, 2.24) is 4.90 Å². The van der Waals surface area contributed by atoms with Crippen LogP contribution in [0.3, 0.4) is 0 Å². The minimum absolute atomic E-state index is 0.0721.